The molecule has 1 aliphatic heterocycles. The Morgan fingerprint density at radius 1 is 1.14 bits per heavy atom. The molecule has 36 heavy (non-hydrogen) atoms. The van der Waals surface area contributed by atoms with Gasteiger partial charge in [0.2, 0.25) is 0 Å². The first-order valence-corrected chi connectivity index (χ1v) is 13.5. The number of carbonyl (C=O) groups is 1. The van der Waals surface area contributed by atoms with Gasteiger partial charge in [-0.25, -0.2) is 4.68 Å². The number of rotatable bonds is 11. The average molecular weight is 518 g/mol. The molecule has 1 saturated heterocycles. The summed E-state index contributed by atoms with van der Waals surface area (Å²) >= 11 is 6.92. The highest BCUT2D eigenvalue weighted by Gasteiger charge is 2.32. The predicted octanol–water partition coefficient (Wildman–Crippen LogP) is 7.19. The van der Waals surface area contributed by atoms with Gasteiger partial charge in [-0.05, 0) is 55.3 Å². The van der Waals surface area contributed by atoms with Crippen LogP contribution in [0.25, 0.3) is 23.0 Å². The van der Waals surface area contributed by atoms with E-state index in [1.807, 2.05) is 66.3 Å². The fourth-order valence-corrected chi connectivity index (χ4v) is 5.37. The minimum Gasteiger partial charge on any atom is -0.489 e. The topological polar surface area (TPSA) is 47.4 Å². The van der Waals surface area contributed by atoms with Crippen LogP contribution in [0.5, 0.6) is 5.75 Å². The Balaban J connectivity index is 1.68. The Bertz CT molecular complexity index is 1280. The van der Waals surface area contributed by atoms with Crippen molar-refractivity contribution in [2.24, 2.45) is 0 Å². The fraction of sp³-hybridized carbons (Fsp3) is 0.276. The number of unbranched alkanes of at least 4 members (excludes halogenated alkanes) is 3. The van der Waals surface area contributed by atoms with Gasteiger partial charge in [0.25, 0.3) is 5.91 Å². The van der Waals surface area contributed by atoms with E-state index in [1.165, 1.54) is 18.2 Å². The Kier molecular flexibility index (Phi) is 8.78. The molecule has 186 valence electrons. The molecular weight excluding hydrogens is 486 g/mol. The highest BCUT2D eigenvalue weighted by Crippen LogP contribution is 2.36. The highest BCUT2D eigenvalue weighted by molar-refractivity contribution is 8.26. The number of nitrogens with zero attached hydrogens (tertiary/aromatic N) is 3. The van der Waals surface area contributed by atoms with E-state index in [0.717, 1.165) is 53.1 Å². The molecule has 0 spiro atoms. The molecule has 4 rings (SSSR count). The van der Waals surface area contributed by atoms with E-state index in [1.54, 1.807) is 11.0 Å². The summed E-state index contributed by atoms with van der Waals surface area (Å²) in [6.07, 6.45) is 10.0. The molecule has 0 atom stereocenters. The summed E-state index contributed by atoms with van der Waals surface area (Å²) in [6.45, 7) is 9.03. The second-order valence-electron chi connectivity index (χ2n) is 8.69. The lowest BCUT2D eigenvalue weighted by Crippen LogP contribution is -2.29. The molecular formula is C29H31N3O2S2. The summed E-state index contributed by atoms with van der Waals surface area (Å²) in [4.78, 5) is 15.6. The van der Waals surface area contributed by atoms with Crippen molar-refractivity contribution in [3.8, 4) is 22.7 Å². The van der Waals surface area contributed by atoms with E-state index in [-0.39, 0.29) is 5.91 Å². The number of hydrogen-bond donors (Lipinski definition) is 0. The molecule has 0 aliphatic carbocycles. The lowest BCUT2D eigenvalue weighted by Gasteiger charge is -2.13. The normalized spacial score (nSPS) is 14.6. The summed E-state index contributed by atoms with van der Waals surface area (Å²) in [7, 11) is 0. The summed E-state index contributed by atoms with van der Waals surface area (Å²) < 4.78 is 8.23. The average Bonchev–Trinajstić information content (AvgIpc) is 3.42. The third kappa shape index (κ3) is 5.97. The van der Waals surface area contributed by atoms with Crippen molar-refractivity contribution in [3.63, 3.8) is 0 Å². The SMILES string of the molecule is C=CCOc1ccc(-c2nn(-c3ccccc3)cc2/C=C2/SC(=S)N(CCCCCC)C2=O)cc1C. The van der Waals surface area contributed by atoms with Crippen LogP contribution in [0.4, 0.5) is 0 Å². The van der Waals surface area contributed by atoms with Gasteiger partial charge in [0.15, 0.2) is 0 Å². The Hall–Kier alpha value is -3.16. The molecule has 3 aromatic rings. The lowest BCUT2D eigenvalue weighted by atomic mass is 10.0. The first kappa shape index (κ1) is 25.9. The molecule has 1 aliphatic rings. The van der Waals surface area contributed by atoms with Crippen molar-refractivity contribution in [2.75, 3.05) is 13.2 Å². The molecule has 0 saturated carbocycles. The van der Waals surface area contributed by atoms with E-state index in [2.05, 4.69) is 19.6 Å². The summed E-state index contributed by atoms with van der Waals surface area (Å²) in [6, 6.07) is 16.0. The zero-order valence-electron chi connectivity index (χ0n) is 20.8. The zero-order valence-corrected chi connectivity index (χ0v) is 22.4. The maximum absolute atomic E-state index is 13.2. The number of benzene rings is 2. The van der Waals surface area contributed by atoms with Gasteiger partial charge in [0.1, 0.15) is 22.4 Å². The Labute approximate surface area is 222 Å². The number of aryl methyl sites for hydroxylation is 1. The first-order valence-electron chi connectivity index (χ1n) is 12.3. The van der Waals surface area contributed by atoms with Crippen molar-refractivity contribution >= 4 is 40.3 Å². The molecule has 2 aromatic carbocycles. The monoisotopic (exact) mass is 517 g/mol. The quantitative estimate of drug-likeness (QED) is 0.117. The van der Waals surface area contributed by atoms with Gasteiger partial charge >= 0.3 is 0 Å². The summed E-state index contributed by atoms with van der Waals surface area (Å²) in [5.41, 5.74) is 4.57. The smallest absolute Gasteiger partial charge is 0.266 e. The van der Waals surface area contributed by atoms with Gasteiger partial charge in [-0.2, -0.15) is 5.10 Å². The minimum absolute atomic E-state index is 0.0238. The van der Waals surface area contributed by atoms with Crippen molar-refractivity contribution in [1.82, 2.24) is 14.7 Å². The van der Waals surface area contributed by atoms with Crippen molar-refractivity contribution in [3.05, 3.63) is 83.4 Å². The molecule has 0 unspecified atom stereocenters. The number of amides is 1. The van der Waals surface area contributed by atoms with Crippen LogP contribution in [0.15, 0.2) is 72.3 Å². The highest BCUT2D eigenvalue weighted by atomic mass is 32.2. The summed E-state index contributed by atoms with van der Waals surface area (Å²) in [5, 5.41) is 4.91. The van der Waals surface area contributed by atoms with Crippen LogP contribution in [0.1, 0.15) is 43.7 Å². The molecule has 0 N–H and O–H groups in total. The molecule has 1 amide bonds. The fourth-order valence-electron chi connectivity index (χ4n) is 4.07. The van der Waals surface area contributed by atoms with Crippen molar-refractivity contribution in [1.29, 1.82) is 0 Å². The lowest BCUT2D eigenvalue weighted by molar-refractivity contribution is -0.122. The maximum Gasteiger partial charge on any atom is 0.266 e. The van der Waals surface area contributed by atoms with Crippen LogP contribution in [-0.4, -0.2) is 38.1 Å². The van der Waals surface area contributed by atoms with Crippen LogP contribution in [0, 0.1) is 6.92 Å². The van der Waals surface area contributed by atoms with Gasteiger partial charge in [-0.1, -0.05) is 81.0 Å². The summed E-state index contributed by atoms with van der Waals surface area (Å²) in [5.74, 6) is 0.788. The molecule has 1 aromatic heterocycles. The number of aromatic nitrogens is 2. The number of thiocarbonyl (C=S) groups is 1. The van der Waals surface area contributed by atoms with E-state index >= 15 is 0 Å². The van der Waals surface area contributed by atoms with Crippen LogP contribution >= 0.6 is 24.0 Å². The van der Waals surface area contributed by atoms with Crippen LogP contribution < -0.4 is 4.74 Å². The number of para-hydroxylation sites is 1. The maximum atomic E-state index is 13.2. The molecule has 1 fully saturated rings. The molecule has 2 heterocycles. The largest absolute Gasteiger partial charge is 0.489 e. The van der Waals surface area contributed by atoms with Gasteiger partial charge < -0.3 is 4.74 Å². The van der Waals surface area contributed by atoms with Crippen molar-refractivity contribution < 1.29 is 9.53 Å². The number of carbonyl (C=O) groups excluding carboxylic acids is 1. The van der Waals surface area contributed by atoms with E-state index in [0.29, 0.717) is 22.4 Å². The molecule has 0 radical (unpaired) electrons. The van der Waals surface area contributed by atoms with Crippen LogP contribution in [0.2, 0.25) is 0 Å². The van der Waals surface area contributed by atoms with E-state index in [9.17, 15) is 4.79 Å². The van der Waals surface area contributed by atoms with Gasteiger partial charge in [0.05, 0.1) is 10.6 Å². The minimum atomic E-state index is -0.0238. The van der Waals surface area contributed by atoms with Gasteiger partial charge in [-0.15, -0.1) is 0 Å². The van der Waals surface area contributed by atoms with Gasteiger partial charge in [-0.3, -0.25) is 9.69 Å². The number of thioether (sulfide) groups is 1. The number of ether oxygens (including phenoxy) is 1. The standard InChI is InChI=1S/C29H31N3O2S2/c1-4-6-7-11-16-31-28(33)26(36-29(31)35)19-23-20-32(24-12-9-8-10-13-24)30-27(23)22-14-15-25(21(3)18-22)34-17-5-2/h5,8-10,12-15,18-20H,2,4,6-7,11,16-17H2,1,3H3/b26-19+. The van der Waals surface area contributed by atoms with E-state index in [4.69, 9.17) is 22.1 Å². The van der Waals surface area contributed by atoms with Crippen molar-refractivity contribution in [2.45, 2.75) is 39.5 Å². The predicted molar refractivity (Wildman–Crippen MR) is 153 cm³/mol. The Morgan fingerprint density at radius 2 is 1.94 bits per heavy atom. The van der Waals surface area contributed by atoms with Crippen LogP contribution in [0.3, 0.4) is 0 Å². The first-order chi connectivity index (χ1) is 17.5. The van der Waals surface area contributed by atoms with Gasteiger partial charge in [0, 0.05) is 23.9 Å². The van der Waals surface area contributed by atoms with Crippen LogP contribution in [-0.2, 0) is 4.79 Å². The Morgan fingerprint density at radius 3 is 2.67 bits per heavy atom. The molecule has 7 heteroatoms. The third-order valence-corrected chi connectivity index (χ3v) is 7.34. The second kappa shape index (κ2) is 12.2. The zero-order chi connectivity index (χ0) is 25.5. The second-order valence-corrected chi connectivity index (χ2v) is 10.4. The number of hydrogen-bond acceptors (Lipinski definition) is 5. The molecule has 0 bridgehead atoms. The van der Waals surface area contributed by atoms with E-state index < -0.39 is 0 Å². The third-order valence-electron chi connectivity index (χ3n) is 5.96. The molecule has 5 nitrogen and oxygen atoms in total.